The molecule has 0 spiro atoms. The number of hydrogen-bond donors (Lipinski definition) is 2. The summed E-state index contributed by atoms with van der Waals surface area (Å²) in [5.41, 5.74) is 6.95. The summed E-state index contributed by atoms with van der Waals surface area (Å²) in [6, 6.07) is 8.17. The van der Waals surface area contributed by atoms with E-state index in [1.807, 2.05) is 58.0 Å². The average Bonchev–Trinajstić information content (AvgIpc) is 3.14. The van der Waals surface area contributed by atoms with Crippen LogP contribution in [0.3, 0.4) is 0 Å². The number of benzene rings is 1. The quantitative estimate of drug-likeness (QED) is 0.689. The lowest BCUT2D eigenvalue weighted by molar-refractivity contribution is -0.148. The number of rotatable bonds is 8. The van der Waals surface area contributed by atoms with E-state index < -0.39 is 24.0 Å². The summed E-state index contributed by atoms with van der Waals surface area (Å²) in [4.78, 5) is 29.0. The van der Waals surface area contributed by atoms with E-state index in [0.29, 0.717) is 5.89 Å². The molecule has 7 heteroatoms. The number of nitrogens with two attached hydrogens (primary N) is 1. The number of esters is 1. The molecule has 0 saturated heterocycles. The average molecular weight is 373 g/mol. The van der Waals surface area contributed by atoms with Gasteiger partial charge < -0.3 is 20.2 Å². The highest BCUT2D eigenvalue weighted by Crippen LogP contribution is 2.18. The normalized spacial score (nSPS) is 13.4. The summed E-state index contributed by atoms with van der Waals surface area (Å²) in [7, 11) is 0. The van der Waals surface area contributed by atoms with Gasteiger partial charge in [-0.15, -0.1) is 0 Å². The summed E-state index contributed by atoms with van der Waals surface area (Å²) in [6.07, 6.45) is 1.25. The molecule has 2 rings (SSSR count). The van der Waals surface area contributed by atoms with Crippen molar-refractivity contribution in [2.45, 2.75) is 46.4 Å². The zero-order valence-electron chi connectivity index (χ0n) is 16.1. The molecule has 1 amide bonds. The monoisotopic (exact) mass is 373 g/mol. The van der Waals surface area contributed by atoms with Crippen molar-refractivity contribution in [1.29, 1.82) is 0 Å². The third-order valence-corrected chi connectivity index (χ3v) is 4.19. The van der Waals surface area contributed by atoms with Crippen molar-refractivity contribution in [3.05, 3.63) is 53.7 Å². The number of nitrogens with one attached hydrogen (secondary N) is 1. The minimum absolute atomic E-state index is 0.0857. The molecule has 3 N–H and O–H groups in total. The van der Waals surface area contributed by atoms with Crippen LogP contribution in [0.1, 0.15) is 55.7 Å². The molecular weight excluding hydrogens is 346 g/mol. The van der Waals surface area contributed by atoms with E-state index in [2.05, 4.69) is 10.3 Å². The van der Waals surface area contributed by atoms with Crippen molar-refractivity contribution in [3.8, 4) is 0 Å². The predicted molar refractivity (Wildman–Crippen MR) is 101 cm³/mol. The summed E-state index contributed by atoms with van der Waals surface area (Å²) in [5.74, 6) is -0.735. The lowest BCUT2D eigenvalue weighted by Gasteiger charge is -2.20. The van der Waals surface area contributed by atoms with Gasteiger partial charge in [-0.1, -0.05) is 58.0 Å². The fourth-order valence-electron chi connectivity index (χ4n) is 2.36. The van der Waals surface area contributed by atoms with Crippen molar-refractivity contribution >= 4 is 11.9 Å². The summed E-state index contributed by atoms with van der Waals surface area (Å²) in [6.45, 7) is 7.68. The Balaban J connectivity index is 2.00. The van der Waals surface area contributed by atoms with Crippen LogP contribution < -0.4 is 11.1 Å². The van der Waals surface area contributed by atoms with Gasteiger partial charge in [0.25, 0.3) is 5.91 Å². The van der Waals surface area contributed by atoms with Gasteiger partial charge in [0, 0.05) is 0 Å². The Morgan fingerprint density at radius 1 is 1.15 bits per heavy atom. The Morgan fingerprint density at radius 3 is 2.41 bits per heavy atom. The fourth-order valence-corrected chi connectivity index (χ4v) is 2.36. The van der Waals surface area contributed by atoms with Crippen LogP contribution in [0, 0.1) is 11.8 Å². The number of carbonyl (C=O) groups is 2. The van der Waals surface area contributed by atoms with Gasteiger partial charge in [-0.3, -0.25) is 4.79 Å². The van der Waals surface area contributed by atoms with Gasteiger partial charge in [0.2, 0.25) is 5.89 Å². The van der Waals surface area contributed by atoms with Gasteiger partial charge in [0.05, 0.1) is 6.04 Å². The largest absolute Gasteiger partial charge is 0.459 e. The second kappa shape index (κ2) is 9.32. The molecule has 2 unspecified atom stereocenters. The molecule has 0 bridgehead atoms. The first-order chi connectivity index (χ1) is 12.8. The highest BCUT2D eigenvalue weighted by Gasteiger charge is 2.28. The molecule has 7 nitrogen and oxygen atoms in total. The minimum Gasteiger partial charge on any atom is -0.459 e. The van der Waals surface area contributed by atoms with Gasteiger partial charge in [0.15, 0.2) is 5.69 Å². The van der Waals surface area contributed by atoms with Crippen LogP contribution in [0.25, 0.3) is 0 Å². The van der Waals surface area contributed by atoms with Crippen LogP contribution in [0.5, 0.6) is 0 Å². The molecule has 1 heterocycles. The molecule has 27 heavy (non-hydrogen) atoms. The Kier molecular flexibility index (Phi) is 7.12. The maximum Gasteiger partial charge on any atom is 0.329 e. The number of hydrogen-bond acceptors (Lipinski definition) is 6. The van der Waals surface area contributed by atoms with Crippen LogP contribution in [-0.4, -0.2) is 22.9 Å². The first kappa shape index (κ1) is 20.6. The zero-order valence-corrected chi connectivity index (χ0v) is 16.1. The maximum absolute atomic E-state index is 12.5. The van der Waals surface area contributed by atoms with E-state index in [0.717, 1.165) is 5.56 Å². The smallest absolute Gasteiger partial charge is 0.329 e. The van der Waals surface area contributed by atoms with E-state index >= 15 is 0 Å². The number of aromatic nitrogens is 1. The molecule has 1 aromatic carbocycles. The Bertz CT molecular complexity index is 756. The van der Waals surface area contributed by atoms with Crippen LogP contribution >= 0.6 is 0 Å². The molecule has 2 aromatic rings. The van der Waals surface area contributed by atoms with E-state index in [1.54, 1.807) is 0 Å². The molecule has 2 atom stereocenters. The molecule has 0 aliphatic heterocycles. The van der Waals surface area contributed by atoms with Gasteiger partial charge in [-0.25, -0.2) is 9.78 Å². The van der Waals surface area contributed by atoms with E-state index in [1.165, 1.54) is 6.26 Å². The Morgan fingerprint density at radius 2 is 1.81 bits per heavy atom. The molecular formula is C20H27N3O4. The number of ether oxygens (including phenoxy) is 1. The fraction of sp³-hybridized carbons (Fsp3) is 0.450. The minimum atomic E-state index is -0.792. The predicted octanol–water partition coefficient (Wildman–Crippen LogP) is 2.83. The molecule has 146 valence electrons. The Labute approximate surface area is 159 Å². The molecule has 0 saturated carbocycles. The zero-order chi connectivity index (χ0) is 20.0. The van der Waals surface area contributed by atoms with E-state index in [-0.39, 0.29) is 24.1 Å². The molecule has 0 radical (unpaired) electrons. The second-order valence-electron chi connectivity index (χ2n) is 7.13. The second-order valence-corrected chi connectivity index (χ2v) is 7.13. The number of carbonyl (C=O) groups excluding carboxylic acids is 2. The maximum atomic E-state index is 12.5. The van der Waals surface area contributed by atoms with E-state index in [9.17, 15) is 9.59 Å². The highest BCUT2D eigenvalue weighted by molar-refractivity contribution is 5.95. The van der Waals surface area contributed by atoms with Crippen molar-refractivity contribution in [2.75, 3.05) is 0 Å². The first-order valence-electron chi connectivity index (χ1n) is 9.02. The van der Waals surface area contributed by atoms with Gasteiger partial charge >= 0.3 is 5.97 Å². The number of oxazole rings is 1. The molecule has 0 aliphatic rings. The number of nitrogens with zero attached hydrogens (tertiary/aromatic N) is 1. The summed E-state index contributed by atoms with van der Waals surface area (Å²) >= 11 is 0. The standard InChI is InChI=1S/C20H27N3O4/c1-12(2)16(21)19-22-15(11-26-19)18(24)23-17(13(3)4)20(25)27-10-14-8-6-5-7-9-14/h5-9,11-13,16-17H,10,21H2,1-4H3,(H,23,24). The lowest BCUT2D eigenvalue weighted by Crippen LogP contribution is -2.45. The highest BCUT2D eigenvalue weighted by atomic mass is 16.5. The first-order valence-corrected chi connectivity index (χ1v) is 9.02. The Hall–Kier alpha value is -2.67. The van der Waals surface area contributed by atoms with Crippen LogP contribution in [0.4, 0.5) is 0 Å². The molecule has 1 aromatic heterocycles. The summed E-state index contributed by atoms with van der Waals surface area (Å²) in [5, 5.41) is 2.67. The van der Waals surface area contributed by atoms with Crippen molar-refractivity contribution in [3.63, 3.8) is 0 Å². The van der Waals surface area contributed by atoms with Crippen molar-refractivity contribution in [1.82, 2.24) is 10.3 Å². The van der Waals surface area contributed by atoms with Gasteiger partial charge in [-0.2, -0.15) is 0 Å². The summed E-state index contributed by atoms with van der Waals surface area (Å²) < 4.78 is 10.6. The number of amides is 1. The van der Waals surface area contributed by atoms with Crippen molar-refractivity contribution in [2.24, 2.45) is 17.6 Å². The van der Waals surface area contributed by atoms with Gasteiger partial charge in [0.1, 0.15) is 18.9 Å². The molecule has 0 aliphatic carbocycles. The molecule has 0 fully saturated rings. The van der Waals surface area contributed by atoms with Crippen LogP contribution in [0.2, 0.25) is 0 Å². The lowest BCUT2D eigenvalue weighted by atomic mass is 10.0. The topological polar surface area (TPSA) is 107 Å². The van der Waals surface area contributed by atoms with E-state index in [4.69, 9.17) is 14.9 Å². The van der Waals surface area contributed by atoms with Crippen LogP contribution in [-0.2, 0) is 16.1 Å². The van der Waals surface area contributed by atoms with Crippen molar-refractivity contribution < 1.29 is 18.7 Å². The third-order valence-electron chi connectivity index (χ3n) is 4.19. The third kappa shape index (κ3) is 5.65. The SMILES string of the molecule is CC(C)C(NC(=O)c1coc(C(N)C(C)C)n1)C(=O)OCc1ccccc1. The van der Waals surface area contributed by atoms with Gasteiger partial charge in [-0.05, 0) is 17.4 Å². The van der Waals surface area contributed by atoms with Crippen LogP contribution in [0.15, 0.2) is 41.0 Å².